The number of phenolic OH excluding ortho intramolecular Hbond substituents is 1. The van der Waals surface area contributed by atoms with Crippen LogP contribution in [-0.2, 0) is 16.0 Å². The smallest absolute Gasteiger partial charge is 0.313 e. The third-order valence-corrected chi connectivity index (χ3v) is 3.76. The number of aromatic hydroxyl groups is 1. The molecule has 5 nitrogen and oxygen atoms in total. The van der Waals surface area contributed by atoms with Crippen LogP contribution in [0.5, 0.6) is 5.75 Å². The maximum absolute atomic E-state index is 12.0. The number of carbonyl (C=O) groups excluding carboxylic acids is 2. The average molecular weight is 326 g/mol. The number of hydrogen-bond acceptors (Lipinski definition) is 3. The van der Waals surface area contributed by atoms with Gasteiger partial charge in [0.05, 0.1) is 0 Å². The largest absolute Gasteiger partial charge is 0.508 e. The molecular formula is C19H22N2O3. The zero-order valence-corrected chi connectivity index (χ0v) is 14.1. The Labute approximate surface area is 141 Å². The van der Waals surface area contributed by atoms with Crippen molar-refractivity contribution >= 4 is 17.5 Å². The first-order chi connectivity index (χ1) is 11.4. The van der Waals surface area contributed by atoms with Crippen LogP contribution in [0.25, 0.3) is 0 Å². The van der Waals surface area contributed by atoms with E-state index >= 15 is 0 Å². The van der Waals surface area contributed by atoms with Gasteiger partial charge in [-0.1, -0.05) is 29.8 Å². The molecule has 0 aliphatic heterocycles. The second-order valence-corrected chi connectivity index (χ2v) is 5.90. The third-order valence-electron chi connectivity index (χ3n) is 3.76. The topological polar surface area (TPSA) is 78.4 Å². The van der Waals surface area contributed by atoms with Crippen LogP contribution >= 0.6 is 0 Å². The van der Waals surface area contributed by atoms with Gasteiger partial charge >= 0.3 is 11.8 Å². The molecule has 0 bridgehead atoms. The summed E-state index contributed by atoms with van der Waals surface area (Å²) in [5, 5.41) is 14.5. The van der Waals surface area contributed by atoms with E-state index in [0.29, 0.717) is 18.7 Å². The minimum absolute atomic E-state index is 0.200. The zero-order valence-electron chi connectivity index (χ0n) is 14.1. The van der Waals surface area contributed by atoms with Crippen molar-refractivity contribution in [3.05, 3.63) is 58.7 Å². The molecule has 0 unspecified atom stereocenters. The number of hydrogen-bond donors (Lipinski definition) is 3. The van der Waals surface area contributed by atoms with Crippen LogP contribution in [0.2, 0.25) is 0 Å². The number of nitrogens with one attached hydrogen (secondary N) is 2. The van der Waals surface area contributed by atoms with Gasteiger partial charge < -0.3 is 15.7 Å². The van der Waals surface area contributed by atoms with Gasteiger partial charge in [0.15, 0.2) is 0 Å². The summed E-state index contributed by atoms with van der Waals surface area (Å²) in [5.74, 6) is -1.13. The first-order valence-corrected chi connectivity index (χ1v) is 7.82. The Morgan fingerprint density at radius 3 is 2.12 bits per heavy atom. The van der Waals surface area contributed by atoms with Crippen molar-refractivity contribution in [2.45, 2.75) is 27.2 Å². The van der Waals surface area contributed by atoms with Crippen molar-refractivity contribution in [2.24, 2.45) is 0 Å². The van der Waals surface area contributed by atoms with Crippen LogP contribution in [0.3, 0.4) is 0 Å². The van der Waals surface area contributed by atoms with Crippen molar-refractivity contribution in [1.29, 1.82) is 0 Å². The van der Waals surface area contributed by atoms with Gasteiger partial charge in [-0.3, -0.25) is 9.59 Å². The first-order valence-electron chi connectivity index (χ1n) is 7.82. The lowest BCUT2D eigenvalue weighted by molar-refractivity contribution is -0.136. The van der Waals surface area contributed by atoms with Gasteiger partial charge in [-0.15, -0.1) is 0 Å². The Balaban J connectivity index is 1.88. The highest BCUT2D eigenvalue weighted by Gasteiger charge is 2.15. The summed E-state index contributed by atoms with van der Waals surface area (Å²) < 4.78 is 0. The van der Waals surface area contributed by atoms with Crippen molar-refractivity contribution in [3.63, 3.8) is 0 Å². The molecule has 2 aromatic carbocycles. The highest BCUT2D eigenvalue weighted by Crippen LogP contribution is 2.21. The molecule has 0 atom stereocenters. The van der Waals surface area contributed by atoms with Crippen LogP contribution in [0, 0.1) is 20.8 Å². The molecule has 2 amide bonds. The van der Waals surface area contributed by atoms with E-state index in [-0.39, 0.29) is 5.75 Å². The molecule has 2 rings (SSSR count). The number of anilines is 1. The van der Waals surface area contributed by atoms with Gasteiger partial charge in [-0.2, -0.15) is 0 Å². The van der Waals surface area contributed by atoms with E-state index in [1.807, 2.05) is 32.9 Å². The Kier molecular flexibility index (Phi) is 5.58. The molecule has 0 aromatic heterocycles. The molecule has 0 saturated heterocycles. The van der Waals surface area contributed by atoms with E-state index < -0.39 is 11.8 Å². The standard InChI is InChI=1S/C19H22N2O3/c1-12-10-13(2)17(14(3)11-12)21-19(24)18(23)20-9-8-15-4-6-16(22)7-5-15/h4-7,10-11,22H,8-9H2,1-3H3,(H,20,23)(H,21,24). The summed E-state index contributed by atoms with van der Waals surface area (Å²) in [6.07, 6.45) is 0.585. The molecule has 0 spiro atoms. The summed E-state index contributed by atoms with van der Waals surface area (Å²) in [7, 11) is 0. The normalized spacial score (nSPS) is 10.3. The minimum atomic E-state index is -0.671. The van der Waals surface area contributed by atoms with Gasteiger partial charge in [-0.25, -0.2) is 0 Å². The lowest BCUT2D eigenvalue weighted by atomic mass is 10.1. The van der Waals surface area contributed by atoms with Crippen LogP contribution in [0.1, 0.15) is 22.3 Å². The molecular weight excluding hydrogens is 304 g/mol. The Morgan fingerprint density at radius 2 is 1.54 bits per heavy atom. The number of phenols is 1. The monoisotopic (exact) mass is 326 g/mol. The molecule has 0 saturated carbocycles. The van der Waals surface area contributed by atoms with Crippen LogP contribution < -0.4 is 10.6 Å². The second-order valence-electron chi connectivity index (χ2n) is 5.90. The lowest BCUT2D eigenvalue weighted by Gasteiger charge is -2.12. The van der Waals surface area contributed by atoms with E-state index in [1.165, 1.54) is 0 Å². The number of carbonyl (C=O) groups is 2. The summed E-state index contributed by atoms with van der Waals surface area (Å²) in [6.45, 7) is 6.14. The maximum Gasteiger partial charge on any atom is 0.313 e. The molecule has 0 radical (unpaired) electrons. The summed E-state index contributed by atoms with van der Waals surface area (Å²) in [6, 6.07) is 10.7. The van der Waals surface area contributed by atoms with E-state index in [1.54, 1.807) is 24.3 Å². The molecule has 0 aliphatic carbocycles. The van der Waals surface area contributed by atoms with E-state index in [2.05, 4.69) is 10.6 Å². The minimum Gasteiger partial charge on any atom is -0.508 e. The summed E-state index contributed by atoms with van der Waals surface area (Å²) in [4.78, 5) is 24.0. The number of rotatable bonds is 4. The fourth-order valence-corrected chi connectivity index (χ4v) is 2.61. The SMILES string of the molecule is Cc1cc(C)c(NC(=O)C(=O)NCCc2ccc(O)cc2)c(C)c1. The third kappa shape index (κ3) is 4.59. The highest BCUT2D eigenvalue weighted by molar-refractivity contribution is 6.39. The van der Waals surface area contributed by atoms with E-state index in [9.17, 15) is 14.7 Å². The van der Waals surface area contributed by atoms with Gasteiger partial charge in [-0.05, 0) is 56.0 Å². The molecule has 0 fully saturated rings. The van der Waals surface area contributed by atoms with E-state index in [4.69, 9.17) is 0 Å². The van der Waals surface area contributed by atoms with Gasteiger partial charge in [0.25, 0.3) is 0 Å². The van der Waals surface area contributed by atoms with Crippen molar-refractivity contribution in [3.8, 4) is 5.75 Å². The van der Waals surface area contributed by atoms with Crippen molar-refractivity contribution in [2.75, 3.05) is 11.9 Å². The van der Waals surface area contributed by atoms with Crippen LogP contribution in [-0.4, -0.2) is 23.5 Å². The van der Waals surface area contributed by atoms with Crippen LogP contribution in [0.15, 0.2) is 36.4 Å². The first kappa shape index (κ1) is 17.5. The zero-order chi connectivity index (χ0) is 17.7. The quantitative estimate of drug-likeness (QED) is 0.756. The number of aryl methyl sites for hydroxylation is 3. The van der Waals surface area contributed by atoms with E-state index in [0.717, 1.165) is 22.3 Å². The van der Waals surface area contributed by atoms with Crippen molar-refractivity contribution in [1.82, 2.24) is 5.32 Å². The average Bonchev–Trinajstić information content (AvgIpc) is 2.52. The Bertz CT molecular complexity index is 729. The summed E-state index contributed by atoms with van der Waals surface area (Å²) >= 11 is 0. The molecule has 3 N–H and O–H groups in total. The second kappa shape index (κ2) is 7.64. The highest BCUT2D eigenvalue weighted by atomic mass is 16.3. The number of benzene rings is 2. The fourth-order valence-electron chi connectivity index (χ4n) is 2.61. The molecule has 24 heavy (non-hydrogen) atoms. The Morgan fingerprint density at radius 1 is 0.958 bits per heavy atom. The molecule has 5 heteroatoms. The predicted octanol–water partition coefficient (Wildman–Crippen LogP) is 2.61. The van der Waals surface area contributed by atoms with Gasteiger partial charge in [0, 0.05) is 12.2 Å². The fraction of sp³-hybridized carbons (Fsp3) is 0.263. The number of amides is 2. The molecule has 0 heterocycles. The lowest BCUT2D eigenvalue weighted by Crippen LogP contribution is -2.36. The molecule has 0 aliphatic rings. The van der Waals surface area contributed by atoms with Crippen LogP contribution in [0.4, 0.5) is 5.69 Å². The molecule has 2 aromatic rings. The van der Waals surface area contributed by atoms with Crippen molar-refractivity contribution < 1.29 is 14.7 Å². The van der Waals surface area contributed by atoms with Gasteiger partial charge in [0.1, 0.15) is 5.75 Å². The van der Waals surface area contributed by atoms with Gasteiger partial charge in [0.2, 0.25) is 0 Å². The molecule has 126 valence electrons. The Hall–Kier alpha value is -2.82. The predicted molar refractivity (Wildman–Crippen MR) is 94.1 cm³/mol. The maximum atomic E-state index is 12.0. The summed E-state index contributed by atoms with van der Waals surface area (Å²) in [5.41, 5.74) is 4.62.